The van der Waals surface area contributed by atoms with Crippen molar-refractivity contribution in [3.05, 3.63) is 28.8 Å². The summed E-state index contributed by atoms with van der Waals surface area (Å²) in [7, 11) is 0. The highest BCUT2D eigenvalue weighted by Gasteiger charge is 2.21. The molecule has 1 aliphatic heterocycles. The fourth-order valence-corrected chi connectivity index (χ4v) is 2.33. The fraction of sp³-hybridized carbons (Fsp3) is 0.571. The van der Waals surface area contributed by atoms with Crippen molar-refractivity contribution < 1.29 is 9.47 Å². The van der Waals surface area contributed by atoms with Gasteiger partial charge in [0.1, 0.15) is 11.9 Å². The van der Waals surface area contributed by atoms with Crippen molar-refractivity contribution >= 4 is 11.6 Å². The molecule has 4 heteroatoms. The molecule has 1 saturated carbocycles. The van der Waals surface area contributed by atoms with Gasteiger partial charge < -0.3 is 14.8 Å². The molecule has 2 fully saturated rings. The van der Waals surface area contributed by atoms with Crippen LogP contribution in [0.5, 0.6) is 5.75 Å². The van der Waals surface area contributed by atoms with Gasteiger partial charge in [-0.15, -0.1) is 0 Å². The number of ether oxygens (including phenoxy) is 2. The normalized spacial score (nSPS) is 23.3. The van der Waals surface area contributed by atoms with Gasteiger partial charge in [-0.05, 0) is 30.5 Å². The predicted molar refractivity (Wildman–Crippen MR) is 71.2 cm³/mol. The second kappa shape index (κ2) is 5.47. The van der Waals surface area contributed by atoms with Gasteiger partial charge in [0.15, 0.2) is 0 Å². The zero-order chi connectivity index (χ0) is 12.4. The van der Waals surface area contributed by atoms with Crippen LogP contribution in [0.4, 0.5) is 0 Å². The highest BCUT2D eigenvalue weighted by Crippen LogP contribution is 2.28. The highest BCUT2D eigenvalue weighted by molar-refractivity contribution is 6.32. The number of rotatable bonds is 5. The summed E-state index contributed by atoms with van der Waals surface area (Å²) in [4.78, 5) is 0. The summed E-state index contributed by atoms with van der Waals surface area (Å²) in [6, 6.07) is 6.74. The van der Waals surface area contributed by atoms with E-state index in [0.29, 0.717) is 11.6 Å². The van der Waals surface area contributed by atoms with E-state index in [9.17, 15) is 0 Å². The van der Waals surface area contributed by atoms with Crippen molar-refractivity contribution in [1.82, 2.24) is 5.32 Å². The zero-order valence-electron chi connectivity index (χ0n) is 10.3. The van der Waals surface area contributed by atoms with E-state index in [-0.39, 0.29) is 6.10 Å². The molecule has 1 N–H and O–H groups in total. The Morgan fingerprint density at radius 1 is 1.33 bits per heavy atom. The van der Waals surface area contributed by atoms with E-state index in [0.717, 1.165) is 31.4 Å². The first kappa shape index (κ1) is 12.3. The van der Waals surface area contributed by atoms with E-state index >= 15 is 0 Å². The van der Waals surface area contributed by atoms with Gasteiger partial charge in [-0.2, -0.15) is 0 Å². The predicted octanol–water partition coefficient (Wildman–Crippen LogP) is 2.76. The Bertz CT molecular complexity index is 414. The van der Waals surface area contributed by atoms with Crippen molar-refractivity contribution in [1.29, 1.82) is 0 Å². The minimum atomic E-state index is 0.151. The number of hydrogen-bond acceptors (Lipinski definition) is 3. The highest BCUT2D eigenvalue weighted by atomic mass is 35.5. The maximum Gasteiger partial charge on any atom is 0.138 e. The molecule has 98 valence electrons. The number of benzene rings is 1. The van der Waals surface area contributed by atoms with Gasteiger partial charge in [0, 0.05) is 19.0 Å². The molecule has 1 aliphatic carbocycles. The van der Waals surface area contributed by atoms with Gasteiger partial charge in [0.2, 0.25) is 0 Å². The summed E-state index contributed by atoms with van der Waals surface area (Å²) >= 11 is 6.25. The third-order valence-corrected chi connectivity index (χ3v) is 3.65. The molecule has 1 atom stereocenters. The lowest BCUT2D eigenvalue weighted by Gasteiger charge is -2.14. The summed E-state index contributed by atoms with van der Waals surface area (Å²) in [6.07, 6.45) is 3.70. The van der Waals surface area contributed by atoms with Crippen LogP contribution >= 0.6 is 11.6 Å². The maximum absolute atomic E-state index is 6.25. The van der Waals surface area contributed by atoms with Crippen LogP contribution < -0.4 is 10.1 Å². The molecule has 0 spiro atoms. The number of nitrogens with one attached hydrogen (secondary N) is 1. The second-order valence-electron chi connectivity index (χ2n) is 5.02. The van der Waals surface area contributed by atoms with E-state index in [2.05, 4.69) is 11.4 Å². The van der Waals surface area contributed by atoms with E-state index in [1.807, 2.05) is 12.1 Å². The first-order valence-electron chi connectivity index (χ1n) is 6.57. The van der Waals surface area contributed by atoms with Gasteiger partial charge in [-0.3, -0.25) is 0 Å². The van der Waals surface area contributed by atoms with Crippen LogP contribution in [0.3, 0.4) is 0 Å². The Hall–Kier alpha value is -0.770. The lowest BCUT2D eigenvalue weighted by Crippen LogP contribution is -2.17. The third kappa shape index (κ3) is 3.16. The van der Waals surface area contributed by atoms with Crippen LogP contribution in [0.15, 0.2) is 18.2 Å². The largest absolute Gasteiger partial charge is 0.486 e. The van der Waals surface area contributed by atoms with Crippen molar-refractivity contribution in [2.75, 3.05) is 13.2 Å². The van der Waals surface area contributed by atoms with Crippen LogP contribution in [0.25, 0.3) is 0 Å². The fourth-order valence-electron chi connectivity index (χ4n) is 2.08. The quantitative estimate of drug-likeness (QED) is 0.890. The third-order valence-electron chi connectivity index (χ3n) is 3.35. The van der Waals surface area contributed by atoms with E-state index in [1.165, 1.54) is 18.4 Å². The first-order valence-corrected chi connectivity index (χ1v) is 6.95. The van der Waals surface area contributed by atoms with E-state index in [1.54, 1.807) is 0 Å². The second-order valence-corrected chi connectivity index (χ2v) is 5.43. The van der Waals surface area contributed by atoms with Crippen molar-refractivity contribution in [3.8, 4) is 5.75 Å². The van der Waals surface area contributed by atoms with Gasteiger partial charge in [0.25, 0.3) is 0 Å². The standard InChI is InChI=1S/C14H18ClNO2/c15-13-7-10(8-16-11-2-3-11)1-4-14(13)18-12-5-6-17-9-12/h1,4,7,11-12,16H,2-3,5-6,8-9H2. The van der Waals surface area contributed by atoms with E-state index in [4.69, 9.17) is 21.1 Å². The molecule has 18 heavy (non-hydrogen) atoms. The first-order chi connectivity index (χ1) is 8.81. The molecule has 1 aromatic carbocycles. The van der Waals surface area contributed by atoms with Gasteiger partial charge >= 0.3 is 0 Å². The van der Waals surface area contributed by atoms with Gasteiger partial charge in [-0.1, -0.05) is 17.7 Å². The minimum Gasteiger partial charge on any atom is -0.486 e. The summed E-state index contributed by atoms with van der Waals surface area (Å²) in [5, 5.41) is 4.16. The maximum atomic E-state index is 6.25. The molecule has 0 radical (unpaired) electrons. The Morgan fingerprint density at radius 2 is 2.22 bits per heavy atom. The molecular weight excluding hydrogens is 250 g/mol. The molecule has 3 rings (SSSR count). The Kier molecular flexibility index (Phi) is 3.73. The average molecular weight is 268 g/mol. The van der Waals surface area contributed by atoms with Crippen molar-refractivity contribution in [3.63, 3.8) is 0 Å². The molecule has 1 aromatic rings. The smallest absolute Gasteiger partial charge is 0.138 e. The van der Waals surface area contributed by atoms with Crippen LogP contribution in [0, 0.1) is 0 Å². The van der Waals surface area contributed by atoms with Gasteiger partial charge in [-0.25, -0.2) is 0 Å². The molecule has 2 aliphatic rings. The molecular formula is C14H18ClNO2. The molecule has 1 unspecified atom stereocenters. The van der Waals surface area contributed by atoms with Crippen LogP contribution in [-0.4, -0.2) is 25.4 Å². The average Bonchev–Trinajstić information content (AvgIpc) is 3.06. The van der Waals surface area contributed by atoms with Crippen molar-refractivity contribution in [2.24, 2.45) is 0 Å². The molecule has 3 nitrogen and oxygen atoms in total. The zero-order valence-corrected chi connectivity index (χ0v) is 11.1. The lowest BCUT2D eigenvalue weighted by atomic mass is 10.2. The van der Waals surface area contributed by atoms with Crippen LogP contribution in [0.2, 0.25) is 5.02 Å². The monoisotopic (exact) mass is 267 g/mol. The SMILES string of the molecule is Clc1cc(CNC2CC2)ccc1OC1CCOC1. The molecule has 0 amide bonds. The Morgan fingerprint density at radius 3 is 2.89 bits per heavy atom. The number of hydrogen-bond donors (Lipinski definition) is 1. The minimum absolute atomic E-state index is 0.151. The van der Waals surface area contributed by atoms with Crippen LogP contribution in [-0.2, 0) is 11.3 Å². The Balaban J connectivity index is 1.60. The van der Waals surface area contributed by atoms with E-state index < -0.39 is 0 Å². The molecule has 1 heterocycles. The number of halogens is 1. The summed E-state index contributed by atoms with van der Waals surface area (Å²) in [5.41, 5.74) is 1.21. The van der Waals surface area contributed by atoms with Crippen LogP contribution in [0.1, 0.15) is 24.8 Å². The Labute approximate surface area is 112 Å². The van der Waals surface area contributed by atoms with Gasteiger partial charge in [0.05, 0.1) is 18.2 Å². The topological polar surface area (TPSA) is 30.5 Å². The summed E-state index contributed by atoms with van der Waals surface area (Å²) in [5.74, 6) is 0.766. The molecule has 1 saturated heterocycles. The molecule has 0 aromatic heterocycles. The summed E-state index contributed by atoms with van der Waals surface area (Å²) in [6.45, 7) is 2.34. The molecule has 0 bridgehead atoms. The lowest BCUT2D eigenvalue weighted by molar-refractivity contribution is 0.141. The van der Waals surface area contributed by atoms with Crippen molar-refractivity contribution in [2.45, 2.75) is 38.0 Å². The summed E-state index contributed by atoms with van der Waals surface area (Å²) < 4.78 is 11.1.